The fourth-order valence-corrected chi connectivity index (χ4v) is 0.745. The van der Waals surface area contributed by atoms with Gasteiger partial charge in [0.05, 0.1) is 5.56 Å². The number of carbonyl (C=O) groups is 1. The van der Waals surface area contributed by atoms with Crippen molar-refractivity contribution in [1.29, 1.82) is 0 Å². The Labute approximate surface area is 69.4 Å². The Bertz CT molecular complexity index is 346. The van der Waals surface area contributed by atoms with Crippen LogP contribution in [0.15, 0.2) is 0 Å². The Balaban J connectivity index is 3.66. The first-order valence-electron chi connectivity index (χ1n) is 3.00. The summed E-state index contributed by atoms with van der Waals surface area (Å²) in [5.41, 5.74) is -1.24. The summed E-state index contributed by atoms with van der Waals surface area (Å²) in [6, 6.07) is 0. The van der Waals surface area contributed by atoms with Gasteiger partial charge in [0.25, 0.3) is 0 Å². The highest BCUT2D eigenvalue weighted by Gasteiger charge is 2.24. The van der Waals surface area contributed by atoms with Gasteiger partial charge >= 0.3 is 0 Å². The minimum atomic E-state index is -2.15. The Morgan fingerprint density at radius 2 is 1.38 bits per heavy atom. The molecule has 70 valence electrons. The molecule has 0 aliphatic rings. The predicted molar refractivity (Wildman–Crippen MR) is 33.3 cm³/mol. The second-order valence-electron chi connectivity index (χ2n) is 2.14. The van der Waals surface area contributed by atoms with Crippen molar-refractivity contribution in [3.8, 4) is 5.75 Å². The maximum absolute atomic E-state index is 12.5. The molecule has 0 atom stereocenters. The fourth-order valence-electron chi connectivity index (χ4n) is 0.745. The van der Waals surface area contributed by atoms with Gasteiger partial charge in [-0.3, -0.25) is 4.79 Å². The zero-order valence-electron chi connectivity index (χ0n) is 5.94. The third-order valence-electron chi connectivity index (χ3n) is 1.40. The number of phenols is 1. The first-order chi connectivity index (χ1) is 6.00. The topological polar surface area (TPSA) is 37.3 Å². The first kappa shape index (κ1) is 9.50. The van der Waals surface area contributed by atoms with Crippen molar-refractivity contribution < 1.29 is 27.5 Å². The molecular weight excluding hydrogens is 192 g/mol. The lowest BCUT2D eigenvalue weighted by Gasteiger charge is -2.02. The van der Waals surface area contributed by atoms with E-state index in [1.165, 1.54) is 0 Å². The molecule has 0 radical (unpaired) electrons. The van der Waals surface area contributed by atoms with Gasteiger partial charge in [-0.05, 0) is 0 Å². The highest BCUT2D eigenvalue weighted by atomic mass is 19.2. The number of hydrogen-bond donors (Lipinski definition) is 1. The third-order valence-corrected chi connectivity index (χ3v) is 1.40. The van der Waals surface area contributed by atoms with E-state index in [4.69, 9.17) is 5.11 Å². The summed E-state index contributed by atoms with van der Waals surface area (Å²) in [4.78, 5) is 10.0. The summed E-state index contributed by atoms with van der Waals surface area (Å²) in [7, 11) is 0. The summed E-state index contributed by atoms with van der Waals surface area (Å²) in [6.45, 7) is 0. The van der Waals surface area contributed by atoms with Crippen LogP contribution in [0.3, 0.4) is 0 Å². The summed E-state index contributed by atoms with van der Waals surface area (Å²) in [5.74, 6) is -9.71. The number of hydrogen-bond acceptors (Lipinski definition) is 2. The van der Waals surface area contributed by atoms with Gasteiger partial charge in [0, 0.05) is 0 Å². The van der Waals surface area contributed by atoms with Crippen LogP contribution in [-0.2, 0) is 0 Å². The van der Waals surface area contributed by atoms with E-state index in [1.54, 1.807) is 0 Å². The molecule has 0 amide bonds. The summed E-state index contributed by atoms with van der Waals surface area (Å²) in [6.07, 6.45) is -0.309. The van der Waals surface area contributed by atoms with Gasteiger partial charge in [-0.2, -0.15) is 4.39 Å². The van der Waals surface area contributed by atoms with E-state index in [0.29, 0.717) is 0 Å². The van der Waals surface area contributed by atoms with Crippen molar-refractivity contribution in [1.82, 2.24) is 0 Å². The van der Waals surface area contributed by atoms with Crippen molar-refractivity contribution in [2.45, 2.75) is 0 Å². The van der Waals surface area contributed by atoms with Gasteiger partial charge in [0.15, 0.2) is 23.7 Å². The number of carbonyl (C=O) groups excluding carboxylic acids is 1. The zero-order chi connectivity index (χ0) is 10.2. The van der Waals surface area contributed by atoms with Crippen LogP contribution in [0.5, 0.6) is 5.75 Å². The smallest absolute Gasteiger partial charge is 0.204 e. The van der Waals surface area contributed by atoms with E-state index in [-0.39, 0.29) is 6.29 Å². The van der Waals surface area contributed by atoms with E-state index in [9.17, 15) is 22.4 Å². The monoisotopic (exact) mass is 194 g/mol. The number of aromatic hydroxyl groups is 1. The second kappa shape index (κ2) is 3.04. The molecule has 0 heterocycles. The average Bonchev–Trinajstić information content (AvgIpc) is 2.13. The van der Waals surface area contributed by atoms with Crippen molar-refractivity contribution in [2.24, 2.45) is 0 Å². The van der Waals surface area contributed by atoms with E-state index in [2.05, 4.69) is 0 Å². The van der Waals surface area contributed by atoms with Crippen LogP contribution in [0.1, 0.15) is 10.4 Å². The summed E-state index contributed by atoms with van der Waals surface area (Å²) >= 11 is 0. The molecule has 2 nitrogen and oxygen atoms in total. The molecule has 0 spiro atoms. The minimum absolute atomic E-state index is 0.309. The third kappa shape index (κ3) is 1.24. The quantitative estimate of drug-likeness (QED) is 0.320. The molecule has 0 bridgehead atoms. The largest absolute Gasteiger partial charge is 0.504 e. The van der Waals surface area contributed by atoms with Crippen LogP contribution in [0.25, 0.3) is 0 Å². The Kier molecular flexibility index (Phi) is 2.22. The predicted octanol–water partition coefficient (Wildman–Crippen LogP) is 1.76. The molecule has 0 aromatic heterocycles. The van der Waals surface area contributed by atoms with Crippen LogP contribution < -0.4 is 0 Å². The molecule has 0 aliphatic carbocycles. The van der Waals surface area contributed by atoms with Crippen LogP contribution in [0.4, 0.5) is 17.6 Å². The molecule has 0 saturated heterocycles. The van der Waals surface area contributed by atoms with Gasteiger partial charge in [0.2, 0.25) is 11.6 Å². The molecular formula is C7H2F4O2. The van der Waals surface area contributed by atoms with E-state index >= 15 is 0 Å². The van der Waals surface area contributed by atoms with Crippen molar-refractivity contribution in [2.75, 3.05) is 0 Å². The average molecular weight is 194 g/mol. The minimum Gasteiger partial charge on any atom is -0.504 e. The SMILES string of the molecule is O=Cc1c(O)c(F)c(F)c(F)c1F. The molecule has 0 aliphatic heterocycles. The van der Waals surface area contributed by atoms with Crippen LogP contribution >= 0.6 is 0 Å². The molecule has 1 N–H and O–H groups in total. The molecule has 6 heteroatoms. The molecule has 1 aromatic carbocycles. The summed E-state index contributed by atoms with van der Waals surface area (Å²) in [5, 5.41) is 8.63. The number of phenolic OH excluding ortho intramolecular Hbond substituents is 1. The zero-order valence-corrected chi connectivity index (χ0v) is 5.94. The highest BCUT2D eigenvalue weighted by Crippen LogP contribution is 2.27. The normalized spacial score (nSPS) is 10.2. The van der Waals surface area contributed by atoms with Crippen LogP contribution in [0.2, 0.25) is 0 Å². The molecule has 0 fully saturated rings. The van der Waals surface area contributed by atoms with E-state index < -0.39 is 34.6 Å². The van der Waals surface area contributed by atoms with Crippen molar-refractivity contribution in [3.05, 3.63) is 28.8 Å². The van der Waals surface area contributed by atoms with Gasteiger partial charge in [0.1, 0.15) is 0 Å². The standard InChI is InChI=1S/C7H2F4O2/c8-3-2(1-12)7(13)6(11)5(10)4(3)9/h1,13H. The number of halogens is 4. The number of rotatable bonds is 1. The van der Waals surface area contributed by atoms with Gasteiger partial charge in [-0.25, -0.2) is 13.2 Å². The van der Waals surface area contributed by atoms with Gasteiger partial charge in [-0.15, -0.1) is 0 Å². The highest BCUT2D eigenvalue weighted by molar-refractivity contribution is 5.79. The van der Waals surface area contributed by atoms with Crippen molar-refractivity contribution in [3.63, 3.8) is 0 Å². The van der Waals surface area contributed by atoms with Crippen molar-refractivity contribution >= 4 is 6.29 Å². The van der Waals surface area contributed by atoms with E-state index in [1.807, 2.05) is 0 Å². The Morgan fingerprint density at radius 1 is 0.923 bits per heavy atom. The molecule has 1 aromatic rings. The van der Waals surface area contributed by atoms with Gasteiger partial charge < -0.3 is 5.11 Å². The molecule has 1 rings (SSSR count). The Hall–Kier alpha value is -1.59. The number of benzene rings is 1. The molecule has 0 unspecified atom stereocenters. The fraction of sp³-hybridized carbons (Fsp3) is 0. The maximum atomic E-state index is 12.5. The first-order valence-corrected chi connectivity index (χ1v) is 3.00. The molecule has 0 saturated carbocycles. The van der Waals surface area contributed by atoms with Crippen LogP contribution in [-0.4, -0.2) is 11.4 Å². The van der Waals surface area contributed by atoms with Crippen LogP contribution in [0, 0.1) is 23.3 Å². The maximum Gasteiger partial charge on any atom is 0.204 e. The number of aldehydes is 1. The second-order valence-corrected chi connectivity index (χ2v) is 2.14. The lowest BCUT2D eigenvalue weighted by Crippen LogP contribution is -2.01. The molecule has 13 heavy (non-hydrogen) atoms. The Morgan fingerprint density at radius 3 is 1.85 bits per heavy atom. The lowest BCUT2D eigenvalue weighted by molar-refractivity contribution is 0.111. The summed E-state index contributed by atoms with van der Waals surface area (Å²) < 4.78 is 49.6. The van der Waals surface area contributed by atoms with E-state index in [0.717, 1.165) is 0 Å². The lowest BCUT2D eigenvalue weighted by atomic mass is 10.2. The van der Waals surface area contributed by atoms with Gasteiger partial charge in [-0.1, -0.05) is 0 Å².